The number of aromatic nitrogens is 2. The van der Waals surface area contributed by atoms with Crippen LogP contribution in [0, 0.1) is 0 Å². The molecule has 2 aromatic carbocycles. The molecule has 0 radical (unpaired) electrons. The topological polar surface area (TPSA) is 117 Å². The Bertz CT molecular complexity index is 1280. The first-order valence-electron chi connectivity index (χ1n) is 11.2. The maximum Gasteiger partial charge on any atom is 0.338 e. The molecule has 190 valence electrons. The van der Waals surface area contributed by atoms with Crippen LogP contribution in [0.1, 0.15) is 47.2 Å². The summed E-state index contributed by atoms with van der Waals surface area (Å²) in [5.41, 5.74) is -0.752. The highest BCUT2D eigenvalue weighted by Gasteiger charge is 2.41. The minimum absolute atomic E-state index is 0.00447. The van der Waals surface area contributed by atoms with Crippen LogP contribution in [-0.4, -0.2) is 40.3 Å². The Morgan fingerprint density at radius 1 is 0.944 bits per heavy atom. The van der Waals surface area contributed by atoms with Gasteiger partial charge in [-0.2, -0.15) is 0 Å². The van der Waals surface area contributed by atoms with Gasteiger partial charge in [-0.25, -0.2) is 19.0 Å². The predicted molar refractivity (Wildman–Crippen MR) is 134 cm³/mol. The van der Waals surface area contributed by atoms with Gasteiger partial charge in [-0.3, -0.25) is 4.79 Å². The van der Waals surface area contributed by atoms with Crippen LogP contribution in [0.25, 0.3) is 0 Å². The second kappa shape index (κ2) is 12.5. The Kier molecular flexibility index (Phi) is 9.46. The molecule has 4 rings (SSSR count). The summed E-state index contributed by atoms with van der Waals surface area (Å²) < 4.78 is 17.6. The lowest BCUT2D eigenvalue weighted by Crippen LogP contribution is -2.37. The van der Waals surface area contributed by atoms with E-state index in [0.29, 0.717) is 10.0 Å². The monoisotopic (exact) mass is 534 g/mol. The van der Waals surface area contributed by atoms with E-state index in [2.05, 4.69) is 4.98 Å². The van der Waals surface area contributed by atoms with Crippen molar-refractivity contribution in [2.75, 3.05) is 6.61 Å². The summed E-state index contributed by atoms with van der Waals surface area (Å²) in [6.45, 7) is 3.72. The molecule has 2 heterocycles. The minimum Gasteiger partial charge on any atom is -0.459 e. The quantitative estimate of drug-likeness (QED) is 0.470. The fraction of sp³-hybridized carbons (Fsp3) is 0.280. The zero-order chi connectivity index (χ0) is 26.2. The number of rotatable bonds is 6. The van der Waals surface area contributed by atoms with E-state index in [1.807, 2.05) is 13.8 Å². The lowest BCUT2D eigenvalue weighted by atomic mass is 10.1. The first-order chi connectivity index (χ1) is 17.3. The second-order valence-corrected chi connectivity index (χ2v) is 8.28. The van der Waals surface area contributed by atoms with E-state index in [0.717, 1.165) is 4.57 Å². The average molecular weight is 535 g/mol. The zero-order valence-electron chi connectivity index (χ0n) is 19.5. The highest BCUT2D eigenvalue weighted by Crippen LogP contribution is 2.30. The van der Waals surface area contributed by atoms with Gasteiger partial charge in [0.05, 0.1) is 11.1 Å². The molecule has 0 amide bonds. The number of hydrogen-bond acceptors (Lipinski definition) is 7. The molecule has 3 aromatic rings. The summed E-state index contributed by atoms with van der Waals surface area (Å²) >= 11 is 11.7. The molecule has 1 saturated heterocycles. The molecule has 1 aliphatic heterocycles. The van der Waals surface area contributed by atoms with Gasteiger partial charge >= 0.3 is 17.6 Å². The number of carbonyl (C=O) groups is 2. The van der Waals surface area contributed by atoms with E-state index < -0.39 is 41.6 Å². The van der Waals surface area contributed by atoms with Gasteiger partial charge < -0.3 is 19.2 Å². The van der Waals surface area contributed by atoms with Crippen LogP contribution >= 0.6 is 23.2 Å². The Hall–Kier alpha value is -3.40. The number of carbonyl (C=O) groups excluding carboxylic acids is 2. The van der Waals surface area contributed by atoms with Crippen molar-refractivity contribution < 1.29 is 23.8 Å². The van der Waals surface area contributed by atoms with E-state index in [4.69, 9.17) is 37.4 Å². The van der Waals surface area contributed by atoms with Crippen molar-refractivity contribution in [2.45, 2.75) is 38.7 Å². The van der Waals surface area contributed by atoms with Crippen LogP contribution in [-0.2, 0) is 14.2 Å². The summed E-state index contributed by atoms with van der Waals surface area (Å²) in [6.07, 6.45) is -1.64. The molecular weight excluding hydrogens is 511 g/mol. The van der Waals surface area contributed by atoms with Crippen molar-refractivity contribution >= 4 is 35.1 Å². The van der Waals surface area contributed by atoms with Crippen molar-refractivity contribution in [1.82, 2.24) is 9.55 Å². The summed E-state index contributed by atoms with van der Waals surface area (Å²) in [6, 6.07) is 13.4. The SMILES string of the molecule is CC.O=C(OCC1O[C@H](n2c(=O)cc[nH]c2=O)CC1OC(=O)c1ccc(Cl)cc1)c1ccc(Cl)cc1. The van der Waals surface area contributed by atoms with E-state index in [1.165, 1.54) is 36.5 Å². The van der Waals surface area contributed by atoms with Gasteiger partial charge in [0.15, 0.2) is 0 Å². The lowest BCUT2D eigenvalue weighted by molar-refractivity contribution is -0.0589. The molecular formula is C25H24Cl2N2O7. The molecule has 0 saturated carbocycles. The Morgan fingerprint density at radius 2 is 1.50 bits per heavy atom. The molecule has 1 aromatic heterocycles. The first kappa shape index (κ1) is 27.2. The van der Waals surface area contributed by atoms with Gasteiger partial charge in [0, 0.05) is 28.7 Å². The van der Waals surface area contributed by atoms with Crippen molar-refractivity contribution in [3.63, 3.8) is 0 Å². The summed E-state index contributed by atoms with van der Waals surface area (Å²) in [4.78, 5) is 51.9. The van der Waals surface area contributed by atoms with Gasteiger partial charge in [-0.15, -0.1) is 0 Å². The van der Waals surface area contributed by atoms with Crippen molar-refractivity contribution in [3.05, 3.63) is 103 Å². The zero-order valence-corrected chi connectivity index (χ0v) is 21.0. The molecule has 0 aliphatic carbocycles. The standard InChI is InChI=1S/C23H18Cl2N2O7.C2H6/c24-15-5-1-13(2-6-15)21(29)32-12-18-17(34-22(30)14-3-7-16(25)8-4-14)11-20(33-18)27-19(28)9-10-26-23(27)31;1-2/h1-10,17-18,20H,11-12H2,(H,26,31);1-2H3/t17?,18?,20-;/m0./s1. The normalized spacial score (nSPS) is 18.6. The number of aromatic amines is 1. The largest absolute Gasteiger partial charge is 0.459 e. The molecule has 0 bridgehead atoms. The number of nitrogens with zero attached hydrogens (tertiary/aromatic N) is 1. The summed E-state index contributed by atoms with van der Waals surface area (Å²) in [5.74, 6) is -1.30. The van der Waals surface area contributed by atoms with Crippen molar-refractivity contribution in [1.29, 1.82) is 0 Å². The molecule has 1 N–H and O–H groups in total. The Balaban J connectivity index is 0.00000176. The average Bonchev–Trinajstić information content (AvgIpc) is 3.26. The minimum atomic E-state index is -1.03. The molecule has 36 heavy (non-hydrogen) atoms. The summed E-state index contributed by atoms with van der Waals surface area (Å²) in [5, 5.41) is 0.918. The number of H-pyrrole nitrogens is 1. The number of benzene rings is 2. The van der Waals surface area contributed by atoms with E-state index in [1.54, 1.807) is 24.3 Å². The van der Waals surface area contributed by atoms with Gasteiger partial charge in [-0.1, -0.05) is 37.0 Å². The maximum atomic E-state index is 12.6. The van der Waals surface area contributed by atoms with E-state index >= 15 is 0 Å². The lowest BCUT2D eigenvalue weighted by Gasteiger charge is -2.19. The fourth-order valence-corrected chi connectivity index (χ4v) is 3.71. The van der Waals surface area contributed by atoms with Crippen LogP contribution < -0.4 is 11.2 Å². The number of halogens is 2. The Labute approximate surface area is 216 Å². The third kappa shape index (κ3) is 6.63. The van der Waals surface area contributed by atoms with Crippen LogP contribution in [0.5, 0.6) is 0 Å². The molecule has 1 aliphatic rings. The smallest absolute Gasteiger partial charge is 0.338 e. The van der Waals surface area contributed by atoms with Crippen molar-refractivity contribution in [2.24, 2.45) is 0 Å². The Morgan fingerprint density at radius 3 is 2.06 bits per heavy atom. The highest BCUT2D eigenvalue weighted by atomic mass is 35.5. The molecule has 0 spiro atoms. The summed E-state index contributed by atoms with van der Waals surface area (Å²) in [7, 11) is 0. The van der Waals surface area contributed by atoms with Gasteiger partial charge in [0.1, 0.15) is 25.0 Å². The number of nitrogens with one attached hydrogen (secondary N) is 1. The highest BCUT2D eigenvalue weighted by molar-refractivity contribution is 6.31. The first-order valence-corrected chi connectivity index (χ1v) is 11.9. The van der Waals surface area contributed by atoms with E-state index in [-0.39, 0.29) is 24.2 Å². The molecule has 11 heteroatoms. The predicted octanol–water partition coefficient (Wildman–Crippen LogP) is 4.24. The third-order valence-electron chi connectivity index (χ3n) is 5.15. The van der Waals surface area contributed by atoms with Crippen LogP contribution in [0.3, 0.4) is 0 Å². The van der Waals surface area contributed by atoms with Crippen LogP contribution in [0.4, 0.5) is 0 Å². The maximum absolute atomic E-state index is 12.6. The van der Waals surface area contributed by atoms with Crippen LogP contribution in [0.2, 0.25) is 10.0 Å². The van der Waals surface area contributed by atoms with Gasteiger partial charge in [0.25, 0.3) is 5.56 Å². The molecule has 2 unspecified atom stereocenters. The fourth-order valence-electron chi connectivity index (χ4n) is 3.46. The molecule has 3 atom stereocenters. The van der Waals surface area contributed by atoms with Crippen LogP contribution in [0.15, 0.2) is 70.4 Å². The molecule has 9 nitrogen and oxygen atoms in total. The number of ether oxygens (including phenoxy) is 3. The van der Waals surface area contributed by atoms with E-state index in [9.17, 15) is 19.2 Å². The number of esters is 2. The number of hydrogen-bond donors (Lipinski definition) is 1. The van der Waals surface area contributed by atoms with Gasteiger partial charge in [-0.05, 0) is 48.5 Å². The molecule has 1 fully saturated rings. The second-order valence-electron chi connectivity index (χ2n) is 7.41. The van der Waals surface area contributed by atoms with Crippen molar-refractivity contribution in [3.8, 4) is 0 Å². The van der Waals surface area contributed by atoms with Gasteiger partial charge in [0.2, 0.25) is 0 Å². The third-order valence-corrected chi connectivity index (χ3v) is 5.66.